The smallest absolute Gasteiger partial charge is 0.255 e. The molecule has 142 valence electrons. The van der Waals surface area contributed by atoms with Crippen molar-refractivity contribution in [3.05, 3.63) is 22.7 Å². The van der Waals surface area contributed by atoms with Crippen LogP contribution in [0.1, 0.15) is 36.5 Å². The molecule has 2 heterocycles. The fraction of sp³-hybridized carbons (Fsp3) is 0.556. The average molecular weight is 381 g/mol. The summed E-state index contributed by atoms with van der Waals surface area (Å²) in [5.74, 6) is -0.0703. The van der Waals surface area contributed by atoms with Crippen LogP contribution in [0.4, 0.5) is 5.69 Å². The molecular formula is C18H25ClN4O3. The first-order valence-electron chi connectivity index (χ1n) is 8.93. The molecule has 0 aliphatic carbocycles. The fourth-order valence-corrected chi connectivity index (χ4v) is 3.76. The highest BCUT2D eigenvalue weighted by Crippen LogP contribution is 2.31. The van der Waals surface area contributed by atoms with E-state index in [0.29, 0.717) is 22.0 Å². The lowest BCUT2D eigenvalue weighted by Gasteiger charge is -2.45. The minimum atomic E-state index is -0.237. The Morgan fingerprint density at radius 3 is 2.62 bits per heavy atom. The largest absolute Gasteiger partial charge is 0.496 e. The summed E-state index contributed by atoms with van der Waals surface area (Å²) in [5.41, 5.74) is 0.793. The number of hydrogen-bond acceptors (Lipinski definition) is 5. The zero-order valence-corrected chi connectivity index (χ0v) is 15.9. The van der Waals surface area contributed by atoms with Crippen molar-refractivity contribution in [1.82, 2.24) is 15.3 Å². The number of anilines is 1. The van der Waals surface area contributed by atoms with E-state index in [1.54, 1.807) is 6.07 Å². The maximum atomic E-state index is 12.8. The third kappa shape index (κ3) is 4.28. The molecule has 7 nitrogen and oxygen atoms in total. The van der Waals surface area contributed by atoms with Crippen LogP contribution in [0.5, 0.6) is 5.75 Å². The van der Waals surface area contributed by atoms with E-state index in [2.05, 4.69) is 20.7 Å². The van der Waals surface area contributed by atoms with Gasteiger partial charge in [-0.1, -0.05) is 11.6 Å². The van der Waals surface area contributed by atoms with Gasteiger partial charge in [0.05, 0.1) is 23.4 Å². The molecule has 2 saturated heterocycles. The quantitative estimate of drug-likeness (QED) is 0.837. The van der Waals surface area contributed by atoms with Crippen molar-refractivity contribution < 1.29 is 14.3 Å². The Labute approximate surface area is 158 Å². The zero-order chi connectivity index (χ0) is 18.7. The Morgan fingerprint density at radius 2 is 1.92 bits per heavy atom. The monoisotopic (exact) mass is 380 g/mol. The number of rotatable bonds is 4. The number of hydrogen-bond donors (Lipinski definition) is 2. The number of ether oxygens (including phenoxy) is 1. The Morgan fingerprint density at radius 1 is 1.19 bits per heavy atom. The molecule has 0 bridgehead atoms. The minimum absolute atomic E-state index is 0.0929. The normalized spacial score (nSPS) is 21.0. The van der Waals surface area contributed by atoms with Crippen LogP contribution in [0.15, 0.2) is 12.1 Å². The number of nitrogens with one attached hydrogen (secondary N) is 2. The van der Waals surface area contributed by atoms with Crippen molar-refractivity contribution in [2.24, 2.45) is 0 Å². The van der Waals surface area contributed by atoms with Crippen LogP contribution in [0.25, 0.3) is 0 Å². The molecule has 0 saturated carbocycles. The van der Waals surface area contributed by atoms with E-state index >= 15 is 0 Å². The minimum Gasteiger partial charge on any atom is -0.496 e. The highest BCUT2D eigenvalue weighted by Gasteiger charge is 2.29. The Bertz CT molecular complexity index is 697. The molecule has 1 aromatic carbocycles. The Balaban J connectivity index is 1.71. The molecule has 2 amide bonds. The first-order valence-corrected chi connectivity index (χ1v) is 9.31. The molecule has 0 radical (unpaired) electrons. The molecule has 3 rings (SSSR count). The predicted molar refractivity (Wildman–Crippen MR) is 101 cm³/mol. The van der Waals surface area contributed by atoms with E-state index in [1.165, 1.54) is 32.9 Å². The first kappa shape index (κ1) is 18.9. The lowest BCUT2D eigenvalue weighted by atomic mass is 10.1. The summed E-state index contributed by atoms with van der Waals surface area (Å²) in [7, 11) is 1.49. The van der Waals surface area contributed by atoms with Gasteiger partial charge < -0.3 is 15.4 Å². The number of halogens is 1. The molecule has 1 aromatic rings. The summed E-state index contributed by atoms with van der Waals surface area (Å²) in [6, 6.07) is 3.21. The molecule has 2 fully saturated rings. The van der Waals surface area contributed by atoms with Gasteiger partial charge in [-0.15, -0.1) is 0 Å². The fourth-order valence-electron chi connectivity index (χ4n) is 3.55. The van der Waals surface area contributed by atoms with Gasteiger partial charge in [-0.2, -0.15) is 0 Å². The molecule has 1 unspecified atom stereocenters. The highest BCUT2D eigenvalue weighted by atomic mass is 35.5. The topological polar surface area (TPSA) is 73.9 Å². The SMILES string of the molecule is COc1cc(NC(C)=O)c(Cl)cc1C(=O)NC1CCN2CCCCN2C1. The lowest BCUT2D eigenvalue weighted by molar-refractivity contribution is -0.114. The van der Waals surface area contributed by atoms with Crippen LogP contribution in [-0.2, 0) is 4.79 Å². The van der Waals surface area contributed by atoms with Crippen LogP contribution in [0.2, 0.25) is 5.02 Å². The van der Waals surface area contributed by atoms with Gasteiger partial charge in [0.2, 0.25) is 5.91 Å². The second kappa shape index (κ2) is 8.24. The number of nitrogens with zero attached hydrogens (tertiary/aromatic N) is 2. The molecule has 26 heavy (non-hydrogen) atoms. The van der Waals surface area contributed by atoms with Crippen molar-refractivity contribution in [2.45, 2.75) is 32.2 Å². The number of fused-ring (bicyclic) bond motifs is 1. The third-order valence-corrected chi connectivity index (χ3v) is 5.14. The average Bonchev–Trinajstić information content (AvgIpc) is 2.62. The number of hydrazine groups is 1. The molecule has 0 aromatic heterocycles. The van der Waals surface area contributed by atoms with Gasteiger partial charge in [-0.05, 0) is 25.3 Å². The van der Waals surface area contributed by atoms with E-state index in [9.17, 15) is 9.59 Å². The number of amides is 2. The van der Waals surface area contributed by atoms with Gasteiger partial charge in [-0.25, -0.2) is 10.0 Å². The molecule has 0 spiro atoms. The first-order chi connectivity index (χ1) is 12.5. The second-order valence-electron chi connectivity index (χ2n) is 6.75. The number of carbonyl (C=O) groups is 2. The summed E-state index contributed by atoms with van der Waals surface area (Å²) in [4.78, 5) is 24.0. The van der Waals surface area contributed by atoms with Gasteiger partial charge in [-0.3, -0.25) is 9.59 Å². The molecule has 2 aliphatic rings. The summed E-state index contributed by atoms with van der Waals surface area (Å²) in [6.45, 7) is 5.34. The summed E-state index contributed by atoms with van der Waals surface area (Å²) < 4.78 is 5.33. The Hall–Kier alpha value is -1.83. The van der Waals surface area contributed by atoms with Crippen LogP contribution in [0, 0.1) is 0 Å². The molecule has 2 aliphatic heterocycles. The van der Waals surface area contributed by atoms with Crippen LogP contribution >= 0.6 is 11.6 Å². The number of carbonyl (C=O) groups excluding carboxylic acids is 2. The zero-order valence-electron chi connectivity index (χ0n) is 15.2. The predicted octanol–water partition coefficient (Wildman–Crippen LogP) is 2.12. The summed E-state index contributed by atoms with van der Waals surface area (Å²) in [5, 5.41) is 10.7. The van der Waals surface area contributed by atoms with E-state index < -0.39 is 0 Å². The van der Waals surface area contributed by atoms with Gasteiger partial charge >= 0.3 is 0 Å². The van der Waals surface area contributed by atoms with E-state index in [-0.39, 0.29) is 17.9 Å². The van der Waals surface area contributed by atoms with Gasteiger partial charge in [0.25, 0.3) is 5.91 Å². The second-order valence-corrected chi connectivity index (χ2v) is 7.15. The Kier molecular flexibility index (Phi) is 6.01. The number of methoxy groups -OCH3 is 1. The van der Waals surface area contributed by atoms with Crippen molar-refractivity contribution >= 4 is 29.1 Å². The summed E-state index contributed by atoms with van der Waals surface area (Å²) >= 11 is 6.22. The van der Waals surface area contributed by atoms with Crippen LogP contribution in [0.3, 0.4) is 0 Å². The summed E-state index contributed by atoms with van der Waals surface area (Å²) in [6.07, 6.45) is 3.36. The van der Waals surface area contributed by atoms with E-state index in [1.807, 2.05) is 0 Å². The maximum absolute atomic E-state index is 12.8. The van der Waals surface area contributed by atoms with Crippen molar-refractivity contribution in [2.75, 3.05) is 38.6 Å². The molecular weight excluding hydrogens is 356 g/mol. The van der Waals surface area contributed by atoms with Crippen molar-refractivity contribution in [3.63, 3.8) is 0 Å². The molecule has 8 heteroatoms. The molecule has 1 atom stereocenters. The van der Waals surface area contributed by atoms with E-state index in [0.717, 1.165) is 32.6 Å². The van der Waals surface area contributed by atoms with Crippen molar-refractivity contribution in [3.8, 4) is 5.75 Å². The van der Waals surface area contributed by atoms with E-state index in [4.69, 9.17) is 16.3 Å². The van der Waals surface area contributed by atoms with Crippen LogP contribution < -0.4 is 15.4 Å². The van der Waals surface area contributed by atoms with Gasteiger partial charge in [0.1, 0.15) is 5.75 Å². The maximum Gasteiger partial charge on any atom is 0.255 e. The van der Waals surface area contributed by atoms with Crippen molar-refractivity contribution in [1.29, 1.82) is 0 Å². The highest BCUT2D eigenvalue weighted by molar-refractivity contribution is 6.34. The van der Waals surface area contributed by atoms with Gasteiger partial charge in [0.15, 0.2) is 0 Å². The van der Waals surface area contributed by atoms with Crippen LogP contribution in [-0.4, -0.2) is 61.2 Å². The third-order valence-electron chi connectivity index (χ3n) is 4.83. The lowest BCUT2D eigenvalue weighted by Crippen LogP contribution is -2.58. The molecule has 2 N–H and O–H groups in total. The van der Waals surface area contributed by atoms with Gasteiger partial charge in [0, 0.05) is 45.2 Å². The standard InChI is InChI=1S/C18H25ClN4O3/c1-12(24)20-16-10-17(26-2)14(9-15(16)19)18(25)21-13-5-8-22-6-3-4-7-23(22)11-13/h9-10,13H,3-8,11H2,1-2H3,(H,20,24)(H,21,25). The number of benzene rings is 1.